The average Bonchev–Trinajstić information content (AvgIpc) is 1.60. The first kappa shape index (κ1) is 86.5. The van der Waals surface area contributed by atoms with Crippen molar-refractivity contribution in [2.24, 2.45) is 11.8 Å². The molecule has 30 heteroatoms. The van der Waals surface area contributed by atoms with Crippen LogP contribution in [-0.4, -0.2) is 202 Å². The molecule has 8 atom stereocenters. The van der Waals surface area contributed by atoms with Crippen LogP contribution in [0.15, 0.2) is 182 Å². The zero-order chi connectivity index (χ0) is 87.8. The first-order valence-electron chi connectivity index (χ1n) is 42.3. The quantitative estimate of drug-likeness (QED) is 0.0307. The van der Waals surface area contributed by atoms with Crippen molar-refractivity contribution in [3.8, 4) is 44.8 Å². The molecule has 24 nitrogen and oxygen atoms in total. The molecule has 4 aliphatic rings. The zero-order valence-electron chi connectivity index (χ0n) is 70.8. The van der Waals surface area contributed by atoms with E-state index in [-0.39, 0.29) is 35.5 Å². The molecular formula is C94H102F6N16O8. The van der Waals surface area contributed by atoms with Gasteiger partial charge in [-0.2, -0.15) is 0 Å². The van der Waals surface area contributed by atoms with E-state index in [9.17, 15) is 46.3 Å². The standard InChI is InChI=1S/C52H56F2N8O2.C42H46F4N8O6/c1-5-59(6-2)46(36-16-11-9-12-17-36)50(63)61-29-15-20-43(61)48-55-32-42(57-48)35-23-21-34(22-24-35)38-25-27-40-39(30-38)26-28-41-45(40)58-49(56-41)44-31-52(53,54)33-62(44)51(64)47(60(7-3)8-4)37-18-13-10-14-19-37;1-21(2)32(51-39(57)59-5)37(55)53-19-41(43,44)16-30(53)35-47-18-29(49-35)24-9-7-23(8-10-24)25-11-13-27-26(15-25)12-14-28-34(27)50-36(48-28)31-17-42(45,46)20-54(31)38(56)33(22(3)4)52-40(58)60-6/h9-14,16-19,21-28,30,32,43-44,46-47H,5-8,15,20,29,31,33H2,1-4H3,(H,55,57)(H,56,58);7-15,18,21-22,30-33H,16-17,19-20H2,1-6H3,(H,47,49)(H,48,50)(H,51,57)(H,52,58)/t43-,44-,46+,47+;30-,31-,32-,33-/m00/s1. The summed E-state index contributed by atoms with van der Waals surface area (Å²) in [6, 6.07) is 48.7. The van der Waals surface area contributed by atoms with Crippen LogP contribution >= 0.6 is 0 Å². The lowest BCUT2D eigenvalue weighted by Crippen LogP contribution is -2.51. The number of alkyl carbamates (subject to hydrolysis) is 2. The molecule has 0 spiro atoms. The van der Waals surface area contributed by atoms with Crippen LogP contribution in [0.1, 0.15) is 158 Å². The van der Waals surface area contributed by atoms with E-state index in [4.69, 9.17) is 15.0 Å². The summed E-state index contributed by atoms with van der Waals surface area (Å²) in [6.07, 6.45) is 1.71. The number of alkyl halides is 6. The number of nitrogens with one attached hydrogen (secondary N) is 6. The van der Waals surface area contributed by atoms with Gasteiger partial charge < -0.3 is 59.6 Å². The van der Waals surface area contributed by atoms with Gasteiger partial charge in [-0.1, -0.05) is 201 Å². The molecule has 124 heavy (non-hydrogen) atoms. The summed E-state index contributed by atoms with van der Waals surface area (Å²) in [6.45, 7) is 16.1. The fourth-order valence-corrected chi connectivity index (χ4v) is 18.0. The number of ether oxygens (including phenoxy) is 2. The highest BCUT2D eigenvalue weighted by Crippen LogP contribution is 2.47. The van der Waals surface area contributed by atoms with Crippen molar-refractivity contribution in [2.75, 3.05) is 66.6 Å². The van der Waals surface area contributed by atoms with Gasteiger partial charge in [0, 0.05) is 36.6 Å². The summed E-state index contributed by atoms with van der Waals surface area (Å²) >= 11 is 0. The fourth-order valence-electron chi connectivity index (χ4n) is 18.0. The molecule has 8 heterocycles. The van der Waals surface area contributed by atoms with Gasteiger partial charge in [-0.15, -0.1) is 0 Å². The number of H-pyrrole nitrogens is 4. The maximum absolute atomic E-state index is 15.3. The molecule has 6 N–H and O–H groups in total. The van der Waals surface area contributed by atoms with E-state index in [1.165, 1.54) is 11.1 Å². The van der Waals surface area contributed by atoms with Crippen LogP contribution in [0.5, 0.6) is 0 Å². The molecule has 0 aliphatic carbocycles. The van der Waals surface area contributed by atoms with Gasteiger partial charge in [0.25, 0.3) is 17.8 Å². The minimum Gasteiger partial charge on any atom is -0.453 e. The molecule has 16 rings (SSSR count). The van der Waals surface area contributed by atoms with Crippen LogP contribution in [0.25, 0.3) is 88.4 Å². The third-order valence-corrected chi connectivity index (χ3v) is 24.5. The number of aromatic nitrogens is 8. The molecule has 0 unspecified atom stereocenters. The Labute approximate surface area is 713 Å². The number of methoxy groups -OCH3 is 2. The SMILES string of the molecule is CCN(CC)[C@@H](C(=O)N1CCC[C@H]1c1ncc(-c2ccc(-c3ccc4c(ccc5[nH]c([C@@H]6CC(F)(F)CN6C(=O)[C@@H](c6ccccc6)N(CC)CC)nc54)c3)cc2)[nH]1)c1ccccc1.COC(=O)N[C@H](C(=O)N1CC(F)(F)C[C@H]1c1ncc(-c2ccc(-c3ccc4c(ccc5[nH]c([C@@H]6CC(F)(F)CN6C(=O)[C@@H](NC(=O)OC)C(C)C)nc54)c3)cc2)[nH]1)C(C)C. The number of hydrogen-bond donors (Lipinski definition) is 6. The Morgan fingerprint density at radius 2 is 0.790 bits per heavy atom. The van der Waals surface area contributed by atoms with Crippen LogP contribution in [0.2, 0.25) is 0 Å². The maximum Gasteiger partial charge on any atom is 0.407 e. The number of hydrogen-bond acceptors (Lipinski definition) is 14. The molecule has 4 aliphatic heterocycles. The van der Waals surface area contributed by atoms with E-state index in [0.717, 1.165) is 133 Å². The molecule has 0 saturated carbocycles. The van der Waals surface area contributed by atoms with Gasteiger partial charge in [-0.25, -0.2) is 55.9 Å². The Hall–Kier alpha value is -12.4. The van der Waals surface area contributed by atoms with E-state index in [0.29, 0.717) is 47.7 Å². The number of likely N-dealkylation sites (tertiary alicyclic amines) is 4. The van der Waals surface area contributed by atoms with Crippen molar-refractivity contribution < 1.29 is 64.6 Å². The fraction of sp³-hybridized carbons (Fsp3) is 0.383. The van der Waals surface area contributed by atoms with E-state index in [1.807, 2.05) is 157 Å². The molecule has 4 fully saturated rings. The summed E-state index contributed by atoms with van der Waals surface area (Å²) in [4.78, 5) is 121. The summed E-state index contributed by atoms with van der Waals surface area (Å²) < 4.78 is 99.4. The third kappa shape index (κ3) is 17.8. The highest BCUT2D eigenvalue weighted by atomic mass is 19.3. The van der Waals surface area contributed by atoms with E-state index in [1.54, 1.807) is 33.8 Å². The number of fused-ring (bicyclic) bond motifs is 6. The zero-order valence-corrected chi connectivity index (χ0v) is 70.8. The second-order valence-corrected chi connectivity index (χ2v) is 33.2. The van der Waals surface area contributed by atoms with Crippen LogP contribution < -0.4 is 10.6 Å². The average molecular weight is 1700 g/mol. The van der Waals surface area contributed by atoms with Crippen molar-refractivity contribution in [2.45, 2.75) is 154 Å². The second kappa shape index (κ2) is 35.8. The number of amides is 6. The Morgan fingerprint density at radius 1 is 0.435 bits per heavy atom. The van der Waals surface area contributed by atoms with Crippen molar-refractivity contribution >= 4 is 79.4 Å². The lowest BCUT2D eigenvalue weighted by molar-refractivity contribution is -0.140. The lowest BCUT2D eigenvalue weighted by Gasteiger charge is -2.34. The maximum atomic E-state index is 15.3. The number of imidazole rings is 4. The number of likely N-dealkylation sites (N-methyl/N-ethyl adjacent to an activating group) is 2. The number of carbonyl (C=O) groups excluding carboxylic acids is 6. The van der Waals surface area contributed by atoms with Gasteiger partial charge in [-0.05, 0) is 130 Å². The van der Waals surface area contributed by atoms with E-state index >= 15 is 8.78 Å². The van der Waals surface area contributed by atoms with Crippen LogP contribution in [0.3, 0.4) is 0 Å². The summed E-state index contributed by atoms with van der Waals surface area (Å²) in [5.74, 6) is -10.2. The number of halogens is 6. The molecule has 8 aromatic carbocycles. The second-order valence-electron chi connectivity index (χ2n) is 33.2. The van der Waals surface area contributed by atoms with Crippen LogP contribution in [0.4, 0.5) is 35.9 Å². The molecule has 6 amide bonds. The minimum atomic E-state index is -3.17. The molecular weight excluding hydrogens is 1600 g/mol. The molecule has 4 saturated heterocycles. The number of rotatable bonds is 24. The minimum absolute atomic E-state index is 0.115. The number of benzene rings is 8. The Balaban J connectivity index is 0.000000192. The third-order valence-electron chi connectivity index (χ3n) is 24.5. The number of aromatic amines is 4. The van der Waals surface area contributed by atoms with Crippen molar-refractivity contribution in [3.63, 3.8) is 0 Å². The largest absolute Gasteiger partial charge is 0.453 e. The van der Waals surface area contributed by atoms with Crippen molar-refractivity contribution in [1.29, 1.82) is 0 Å². The smallest absolute Gasteiger partial charge is 0.407 e. The van der Waals surface area contributed by atoms with Crippen LogP contribution in [-0.2, 0) is 28.7 Å². The van der Waals surface area contributed by atoms with Crippen molar-refractivity contribution in [1.82, 2.24) is 79.9 Å². The predicted octanol–water partition coefficient (Wildman–Crippen LogP) is 17.9. The summed E-state index contributed by atoms with van der Waals surface area (Å²) in [7, 11) is 2.31. The van der Waals surface area contributed by atoms with Gasteiger partial charge in [0.15, 0.2) is 0 Å². The van der Waals surface area contributed by atoms with E-state index < -0.39 is 129 Å². The Bertz CT molecular complexity index is 5880. The van der Waals surface area contributed by atoms with Crippen molar-refractivity contribution in [3.05, 3.63) is 217 Å². The van der Waals surface area contributed by atoms with Gasteiger partial charge in [0.2, 0.25) is 23.6 Å². The molecule has 12 aromatic rings. The molecule has 4 aromatic heterocycles. The topological polar surface area (TPSA) is 279 Å². The first-order chi connectivity index (χ1) is 59.5. The van der Waals surface area contributed by atoms with Gasteiger partial charge in [0.1, 0.15) is 47.5 Å². The molecule has 0 radical (unpaired) electrons. The normalized spacial score (nSPS) is 19.0. The predicted molar refractivity (Wildman–Crippen MR) is 462 cm³/mol. The molecule has 0 bridgehead atoms. The Morgan fingerprint density at radius 3 is 1.17 bits per heavy atom. The summed E-state index contributed by atoms with van der Waals surface area (Å²) in [5, 5.41) is 8.39. The summed E-state index contributed by atoms with van der Waals surface area (Å²) in [5.41, 5.74) is 11.3. The monoisotopic (exact) mass is 1700 g/mol. The van der Waals surface area contributed by atoms with E-state index in [2.05, 4.69) is 100 Å². The highest BCUT2D eigenvalue weighted by Gasteiger charge is 2.54. The van der Waals surface area contributed by atoms with Gasteiger partial charge >= 0.3 is 12.2 Å². The number of nitrogens with zero attached hydrogens (tertiary/aromatic N) is 10. The van der Waals surface area contributed by atoms with Gasteiger partial charge in [-0.3, -0.25) is 29.0 Å². The van der Waals surface area contributed by atoms with Gasteiger partial charge in [0.05, 0.1) is 104 Å². The Kier molecular flexibility index (Phi) is 25.0. The lowest BCUT2D eigenvalue weighted by atomic mass is 9.99. The number of carbonyl (C=O) groups is 6. The molecule has 648 valence electrons. The highest BCUT2D eigenvalue weighted by molar-refractivity contribution is 6.07. The van der Waals surface area contributed by atoms with Crippen LogP contribution in [0, 0.1) is 11.8 Å². The first-order valence-corrected chi connectivity index (χ1v) is 42.3.